The molecule has 2 aromatic carbocycles. The highest BCUT2D eigenvalue weighted by atomic mass is 35.5. The first-order chi connectivity index (χ1) is 14.6. The molecular weight excluding hydrogens is 457 g/mol. The molecule has 4 rings (SSSR count). The lowest BCUT2D eigenvalue weighted by atomic mass is 10.2. The van der Waals surface area contributed by atoms with Crippen LogP contribution in [0, 0.1) is 0 Å². The second-order valence-corrected chi connectivity index (χ2v) is 8.95. The first-order valence-corrected chi connectivity index (χ1v) is 10.7. The number of aromatic nitrogens is 1. The van der Waals surface area contributed by atoms with E-state index in [4.69, 9.17) is 16.3 Å². The molecule has 0 aliphatic carbocycles. The number of nitrogens with zero attached hydrogens (tertiary/aromatic N) is 2. The minimum atomic E-state index is -4.87. The van der Waals surface area contributed by atoms with Crippen LogP contribution < -0.4 is 9.47 Å². The lowest BCUT2D eigenvalue weighted by molar-refractivity contribution is -0.274. The van der Waals surface area contributed by atoms with E-state index in [9.17, 15) is 21.6 Å². The third-order valence-electron chi connectivity index (χ3n) is 4.46. The summed E-state index contributed by atoms with van der Waals surface area (Å²) in [7, 11) is -3.86. The Morgan fingerprint density at radius 3 is 2.55 bits per heavy atom. The predicted octanol–water partition coefficient (Wildman–Crippen LogP) is 5.13. The van der Waals surface area contributed by atoms with Crippen LogP contribution in [0.15, 0.2) is 65.8 Å². The van der Waals surface area contributed by atoms with E-state index in [0.717, 1.165) is 16.4 Å². The summed E-state index contributed by atoms with van der Waals surface area (Å²) in [5, 5.41) is 0.126. The summed E-state index contributed by atoms with van der Waals surface area (Å²) in [6.45, 7) is -0.202. The molecule has 0 bridgehead atoms. The first kappa shape index (κ1) is 21.4. The van der Waals surface area contributed by atoms with Crippen LogP contribution in [0.4, 0.5) is 13.2 Å². The van der Waals surface area contributed by atoms with E-state index in [2.05, 4.69) is 9.72 Å². The molecular formula is C20H14ClF3N2O4S. The SMILES string of the molecule is O=S1(=O)c2ccc(Oc3cccnc3)cc2CN1Cc1cc(OC(F)(F)F)ccc1Cl. The molecule has 0 amide bonds. The van der Waals surface area contributed by atoms with Crippen molar-refractivity contribution < 1.29 is 31.1 Å². The number of sulfonamides is 1. The molecule has 0 N–H and O–H groups in total. The smallest absolute Gasteiger partial charge is 0.456 e. The third kappa shape index (κ3) is 4.76. The first-order valence-electron chi connectivity index (χ1n) is 8.87. The molecule has 1 aliphatic rings. The van der Waals surface area contributed by atoms with Crippen molar-refractivity contribution in [3.63, 3.8) is 0 Å². The zero-order valence-electron chi connectivity index (χ0n) is 15.6. The molecule has 11 heteroatoms. The molecule has 0 unspecified atom stereocenters. The maximum Gasteiger partial charge on any atom is 0.573 e. The van der Waals surface area contributed by atoms with Gasteiger partial charge in [-0.25, -0.2) is 8.42 Å². The van der Waals surface area contributed by atoms with E-state index in [-0.39, 0.29) is 28.6 Å². The highest BCUT2D eigenvalue weighted by Gasteiger charge is 2.36. The van der Waals surface area contributed by atoms with Crippen molar-refractivity contribution in [2.24, 2.45) is 0 Å². The van der Waals surface area contributed by atoms with Gasteiger partial charge in [0.05, 0.1) is 11.1 Å². The molecule has 2 heterocycles. The van der Waals surface area contributed by atoms with Gasteiger partial charge in [0.25, 0.3) is 0 Å². The number of alkyl halides is 3. The molecule has 162 valence electrons. The van der Waals surface area contributed by atoms with Gasteiger partial charge in [-0.3, -0.25) is 4.98 Å². The Kier molecular flexibility index (Phi) is 5.54. The number of ether oxygens (including phenoxy) is 2. The zero-order valence-corrected chi connectivity index (χ0v) is 17.2. The van der Waals surface area contributed by atoms with Crippen LogP contribution in [-0.2, 0) is 23.1 Å². The Labute approximate surface area is 180 Å². The van der Waals surface area contributed by atoms with Crippen molar-refractivity contribution in [2.45, 2.75) is 24.3 Å². The number of fused-ring (bicyclic) bond motifs is 1. The monoisotopic (exact) mass is 470 g/mol. The van der Waals surface area contributed by atoms with E-state index in [1.54, 1.807) is 24.4 Å². The number of hydrogen-bond acceptors (Lipinski definition) is 5. The fourth-order valence-electron chi connectivity index (χ4n) is 3.15. The van der Waals surface area contributed by atoms with Crippen molar-refractivity contribution in [1.82, 2.24) is 9.29 Å². The maximum absolute atomic E-state index is 12.9. The summed E-state index contributed by atoms with van der Waals surface area (Å²) in [4.78, 5) is 4.05. The Balaban J connectivity index is 1.57. The molecule has 0 radical (unpaired) electrons. The summed E-state index contributed by atoms with van der Waals surface area (Å²) >= 11 is 6.08. The second kappa shape index (κ2) is 8.03. The van der Waals surface area contributed by atoms with E-state index in [1.165, 1.54) is 24.4 Å². The lowest BCUT2D eigenvalue weighted by Crippen LogP contribution is -2.24. The quantitative estimate of drug-likeness (QED) is 0.517. The number of hydrogen-bond donors (Lipinski definition) is 0. The largest absolute Gasteiger partial charge is 0.573 e. The molecule has 0 spiro atoms. The Morgan fingerprint density at radius 1 is 1.06 bits per heavy atom. The van der Waals surface area contributed by atoms with Crippen LogP contribution in [0.5, 0.6) is 17.2 Å². The molecule has 0 saturated carbocycles. The van der Waals surface area contributed by atoms with Crippen LogP contribution in [-0.4, -0.2) is 24.1 Å². The van der Waals surface area contributed by atoms with Gasteiger partial charge < -0.3 is 9.47 Å². The fraction of sp³-hybridized carbons (Fsp3) is 0.150. The van der Waals surface area contributed by atoms with Crippen molar-refractivity contribution >= 4 is 21.6 Å². The standard InChI is InChI=1S/C20H14ClF3N2O4S/c21-18-5-3-16(30-20(22,23)24)8-13(18)11-26-12-14-9-15(4-6-19(14)31(26,27)28)29-17-2-1-7-25-10-17/h1-10H,11-12H2. The fourth-order valence-corrected chi connectivity index (χ4v) is 4.92. The molecule has 31 heavy (non-hydrogen) atoms. The van der Waals surface area contributed by atoms with Crippen LogP contribution in [0.25, 0.3) is 0 Å². The highest BCUT2D eigenvalue weighted by Crippen LogP contribution is 2.36. The zero-order chi connectivity index (χ0) is 22.2. The molecule has 1 aromatic heterocycles. The average Bonchev–Trinajstić information content (AvgIpc) is 2.93. The molecule has 0 atom stereocenters. The minimum absolute atomic E-state index is 0.0165. The van der Waals surface area contributed by atoms with Gasteiger partial charge in [0.1, 0.15) is 17.2 Å². The summed E-state index contributed by atoms with van der Waals surface area (Å²) < 4.78 is 74.0. The van der Waals surface area contributed by atoms with Crippen LogP contribution in [0.2, 0.25) is 5.02 Å². The van der Waals surface area contributed by atoms with Crippen LogP contribution >= 0.6 is 11.6 Å². The summed E-state index contributed by atoms with van der Waals surface area (Å²) in [6, 6.07) is 11.3. The van der Waals surface area contributed by atoms with E-state index >= 15 is 0 Å². The van der Waals surface area contributed by atoms with E-state index in [1.807, 2.05) is 0 Å². The molecule has 3 aromatic rings. The lowest BCUT2D eigenvalue weighted by Gasteiger charge is -2.17. The van der Waals surface area contributed by atoms with Crippen molar-refractivity contribution in [2.75, 3.05) is 0 Å². The van der Waals surface area contributed by atoms with Crippen molar-refractivity contribution in [3.05, 3.63) is 77.1 Å². The van der Waals surface area contributed by atoms with E-state index in [0.29, 0.717) is 17.1 Å². The normalized spacial score (nSPS) is 15.5. The Bertz CT molecular complexity index is 1220. The van der Waals surface area contributed by atoms with Crippen LogP contribution in [0.1, 0.15) is 11.1 Å². The van der Waals surface area contributed by atoms with Crippen molar-refractivity contribution in [1.29, 1.82) is 0 Å². The summed E-state index contributed by atoms with van der Waals surface area (Å²) in [5.74, 6) is 0.448. The highest BCUT2D eigenvalue weighted by molar-refractivity contribution is 7.89. The molecule has 1 aliphatic heterocycles. The molecule has 0 fully saturated rings. The minimum Gasteiger partial charge on any atom is -0.456 e. The maximum atomic E-state index is 12.9. The predicted molar refractivity (Wildman–Crippen MR) is 105 cm³/mol. The van der Waals surface area contributed by atoms with Gasteiger partial charge in [0, 0.05) is 24.3 Å². The van der Waals surface area contributed by atoms with Gasteiger partial charge in [0.2, 0.25) is 10.0 Å². The topological polar surface area (TPSA) is 68.7 Å². The van der Waals surface area contributed by atoms with Gasteiger partial charge in [-0.2, -0.15) is 4.31 Å². The van der Waals surface area contributed by atoms with Crippen LogP contribution in [0.3, 0.4) is 0 Å². The number of pyridine rings is 1. The number of halogens is 4. The second-order valence-electron chi connectivity index (χ2n) is 6.63. The number of benzene rings is 2. The molecule has 0 saturated heterocycles. The summed E-state index contributed by atoms with van der Waals surface area (Å²) in [5.41, 5.74) is 0.687. The Morgan fingerprint density at radius 2 is 1.84 bits per heavy atom. The van der Waals surface area contributed by atoms with Gasteiger partial charge in [-0.05, 0) is 59.7 Å². The van der Waals surface area contributed by atoms with Gasteiger partial charge in [-0.1, -0.05) is 11.6 Å². The van der Waals surface area contributed by atoms with Crippen molar-refractivity contribution in [3.8, 4) is 17.2 Å². The third-order valence-corrected chi connectivity index (χ3v) is 6.72. The average molecular weight is 471 g/mol. The van der Waals surface area contributed by atoms with Gasteiger partial charge in [0.15, 0.2) is 0 Å². The Hall–Kier alpha value is -2.82. The molecule has 6 nitrogen and oxygen atoms in total. The van der Waals surface area contributed by atoms with Gasteiger partial charge >= 0.3 is 6.36 Å². The number of rotatable bonds is 5. The van der Waals surface area contributed by atoms with E-state index < -0.39 is 22.1 Å². The summed E-state index contributed by atoms with van der Waals surface area (Å²) in [6.07, 6.45) is -1.75. The van der Waals surface area contributed by atoms with Gasteiger partial charge in [-0.15, -0.1) is 13.2 Å².